The van der Waals surface area contributed by atoms with Crippen LogP contribution in [0.15, 0.2) is 34.2 Å². The number of nitrogens with one attached hydrogen (secondary N) is 1. The van der Waals surface area contributed by atoms with Crippen molar-refractivity contribution in [2.45, 2.75) is 75.2 Å². The molecule has 4 rings (SSSR count). The summed E-state index contributed by atoms with van der Waals surface area (Å²) in [5.74, 6) is 0.292. The molecule has 6 nitrogen and oxygen atoms in total. The lowest BCUT2D eigenvalue weighted by molar-refractivity contribution is -0.119. The fourth-order valence-corrected chi connectivity index (χ4v) is 5.05. The molecule has 1 N–H and O–H groups in total. The summed E-state index contributed by atoms with van der Waals surface area (Å²) in [7, 11) is 0. The number of hydrogen-bond acceptors (Lipinski definition) is 5. The number of para-hydroxylation sites is 1. The van der Waals surface area contributed by atoms with Crippen LogP contribution in [-0.2, 0) is 16.1 Å². The standard InChI is InChI=1S/C22H29N3O3S/c26-20(23-16-8-3-1-2-4-9-16)15-29-22-24-19-12-6-5-11-18(19)21(27)25(22)14-17-10-7-13-28-17/h5-6,11-12,16-17H,1-4,7-10,13-15H2,(H,23,26). The van der Waals surface area contributed by atoms with Gasteiger partial charge < -0.3 is 10.1 Å². The molecule has 156 valence electrons. The molecule has 1 aromatic heterocycles. The van der Waals surface area contributed by atoms with E-state index in [2.05, 4.69) is 5.32 Å². The van der Waals surface area contributed by atoms with Crippen molar-refractivity contribution in [2.75, 3.05) is 12.4 Å². The number of fused-ring (bicyclic) bond motifs is 1. The normalized spacial score (nSPS) is 20.6. The molecule has 1 unspecified atom stereocenters. The van der Waals surface area contributed by atoms with Crippen molar-refractivity contribution in [3.05, 3.63) is 34.6 Å². The Kier molecular flexibility index (Phi) is 6.87. The van der Waals surface area contributed by atoms with Gasteiger partial charge in [-0.15, -0.1) is 0 Å². The predicted octanol–water partition coefficient (Wildman–Crippen LogP) is 3.51. The lowest BCUT2D eigenvalue weighted by Gasteiger charge is -2.18. The molecule has 1 atom stereocenters. The number of nitrogens with zero attached hydrogens (tertiary/aromatic N) is 2. The Hall–Kier alpha value is -1.86. The van der Waals surface area contributed by atoms with Crippen molar-refractivity contribution in [1.29, 1.82) is 0 Å². The van der Waals surface area contributed by atoms with Gasteiger partial charge in [0, 0.05) is 12.6 Å². The van der Waals surface area contributed by atoms with Gasteiger partial charge in [0.2, 0.25) is 5.91 Å². The van der Waals surface area contributed by atoms with E-state index in [9.17, 15) is 9.59 Å². The van der Waals surface area contributed by atoms with E-state index in [0.717, 1.165) is 32.3 Å². The molecule has 29 heavy (non-hydrogen) atoms. The minimum Gasteiger partial charge on any atom is -0.376 e. The average molecular weight is 416 g/mol. The lowest BCUT2D eigenvalue weighted by atomic mass is 10.1. The summed E-state index contributed by atoms with van der Waals surface area (Å²) in [6.07, 6.45) is 9.03. The first-order valence-corrected chi connectivity index (χ1v) is 11.7. The average Bonchev–Trinajstić information content (AvgIpc) is 3.11. The van der Waals surface area contributed by atoms with E-state index in [0.29, 0.717) is 22.6 Å². The van der Waals surface area contributed by atoms with Crippen LogP contribution in [0.2, 0.25) is 0 Å². The Labute approximate surface area is 175 Å². The lowest BCUT2D eigenvalue weighted by Crippen LogP contribution is -2.36. The number of hydrogen-bond donors (Lipinski definition) is 1. The molecule has 1 aromatic carbocycles. The number of carbonyl (C=O) groups excluding carboxylic acids is 1. The molecular formula is C22H29N3O3S. The molecule has 1 saturated heterocycles. The van der Waals surface area contributed by atoms with E-state index < -0.39 is 0 Å². The van der Waals surface area contributed by atoms with Crippen LogP contribution in [0, 0.1) is 0 Å². The Morgan fingerprint density at radius 3 is 2.69 bits per heavy atom. The highest BCUT2D eigenvalue weighted by Gasteiger charge is 2.21. The molecule has 0 bridgehead atoms. The minimum atomic E-state index is -0.0576. The molecule has 2 aliphatic rings. The molecular weight excluding hydrogens is 386 g/mol. The molecule has 1 saturated carbocycles. The number of thioether (sulfide) groups is 1. The third-order valence-corrected chi connectivity index (χ3v) is 6.77. The van der Waals surface area contributed by atoms with Crippen LogP contribution in [0.1, 0.15) is 51.4 Å². The van der Waals surface area contributed by atoms with Gasteiger partial charge in [0.05, 0.1) is 29.3 Å². The zero-order chi connectivity index (χ0) is 20.1. The third-order valence-electron chi connectivity index (χ3n) is 5.79. The number of rotatable bonds is 6. The number of aromatic nitrogens is 2. The summed E-state index contributed by atoms with van der Waals surface area (Å²) in [5, 5.41) is 4.38. The second-order valence-corrected chi connectivity index (χ2v) is 8.95. The van der Waals surface area contributed by atoms with Crippen molar-refractivity contribution < 1.29 is 9.53 Å². The van der Waals surface area contributed by atoms with E-state index in [1.54, 1.807) is 4.57 Å². The van der Waals surface area contributed by atoms with Crippen LogP contribution in [0.25, 0.3) is 10.9 Å². The molecule has 2 aromatic rings. The number of carbonyl (C=O) groups is 1. The molecule has 1 aliphatic heterocycles. The van der Waals surface area contributed by atoms with Gasteiger partial charge in [-0.1, -0.05) is 49.6 Å². The number of amides is 1. The van der Waals surface area contributed by atoms with Crippen molar-refractivity contribution in [1.82, 2.24) is 14.9 Å². The van der Waals surface area contributed by atoms with E-state index in [1.165, 1.54) is 37.4 Å². The van der Waals surface area contributed by atoms with Crippen molar-refractivity contribution >= 4 is 28.6 Å². The van der Waals surface area contributed by atoms with Gasteiger partial charge in [0.1, 0.15) is 0 Å². The zero-order valence-corrected chi connectivity index (χ0v) is 17.6. The van der Waals surface area contributed by atoms with Gasteiger partial charge in [-0.25, -0.2) is 4.98 Å². The van der Waals surface area contributed by atoms with Crippen molar-refractivity contribution in [3.63, 3.8) is 0 Å². The van der Waals surface area contributed by atoms with Crippen LogP contribution in [-0.4, -0.2) is 40.0 Å². The van der Waals surface area contributed by atoms with Crippen LogP contribution >= 0.6 is 11.8 Å². The number of benzene rings is 1. The Morgan fingerprint density at radius 2 is 1.93 bits per heavy atom. The molecule has 0 spiro atoms. The van der Waals surface area contributed by atoms with Crippen LogP contribution < -0.4 is 10.9 Å². The first-order chi connectivity index (χ1) is 14.2. The van der Waals surface area contributed by atoms with Crippen LogP contribution in [0.4, 0.5) is 0 Å². The largest absolute Gasteiger partial charge is 0.376 e. The second kappa shape index (κ2) is 9.76. The van der Waals surface area contributed by atoms with Crippen molar-refractivity contribution in [3.8, 4) is 0 Å². The smallest absolute Gasteiger partial charge is 0.262 e. The highest BCUT2D eigenvalue weighted by atomic mass is 32.2. The summed E-state index contributed by atoms with van der Waals surface area (Å²) >= 11 is 1.35. The first kappa shape index (κ1) is 20.4. The summed E-state index contributed by atoms with van der Waals surface area (Å²) in [4.78, 5) is 30.3. The highest BCUT2D eigenvalue weighted by molar-refractivity contribution is 7.99. The van der Waals surface area contributed by atoms with Gasteiger partial charge >= 0.3 is 0 Å². The van der Waals surface area contributed by atoms with Crippen LogP contribution in [0.3, 0.4) is 0 Å². The van der Waals surface area contributed by atoms with Gasteiger partial charge in [-0.3, -0.25) is 14.2 Å². The maximum absolute atomic E-state index is 13.1. The molecule has 7 heteroatoms. The van der Waals surface area contributed by atoms with Gasteiger partial charge in [0.25, 0.3) is 5.56 Å². The summed E-state index contributed by atoms with van der Waals surface area (Å²) in [6, 6.07) is 7.68. The summed E-state index contributed by atoms with van der Waals surface area (Å²) in [5.41, 5.74) is 0.616. The molecule has 1 amide bonds. The summed E-state index contributed by atoms with van der Waals surface area (Å²) < 4.78 is 7.44. The minimum absolute atomic E-state index is 0.0213. The van der Waals surface area contributed by atoms with Crippen LogP contribution in [0.5, 0.6) is 0 Å². The van der Waals surface area contributed by atoms with Gasteiger partial charge in [-0.2, -0.15) is 0 Å². The molecule has 2 fully saturated rings. The first-order valence-electron chi connectivity index (χ1n) is 10.7. The highest BCUT2D eigenvalue weighted by Crippen LogP contribution is 2.22. The third kappa shape index (κ3) is 5.20. The van der Waals surface area contributed by atoms with Gasteiger partial charge in [0.15, 0.2) is 5.16 Å². The van der Waals surface area contributed by atoms with E-state index in [1.807, 2.05) is 24.3 Å². The predicted molar refractivity (Wildman–Crippen MR) is 115 cm³/mol. The Bertz CT molecular complexity index is 900. The quantitative estimate of drug-likeness (QED) is 0.444. The zero-order valence-electron chi connectivity index (χ0n) is 16.8. The fourth-order valence-electron chi connectivity index (χ4n) is 4.23. The SMILES string of the molecule is O=C(CSc1nc2ccccc2c(=O)n1CC1CCCO1)NC1CCCCCC1. The monoisotopic (exact) mass is 415 g/mol. The summed E-state index contributed by atoms with van der Waals surface area (Å²) in [6.45, 7) is 1.23. The number of ether oxygens (including phenoxy) is 1. The van der Waals surface area contributed by atoms with Crippen molar-refractivity contribution in [2.24, 2.45) is 0 Å². The Morgan fingerprint density at radius 1 is 1.14 bits per heavy atom. The maximum Gasteiger partial charge on any atom is 0.262 e. The van der Waals surface area contributed by atoms with E-state index in [4.69, 9.17) is 9.72 Å². The molecule has 1 aliphatic carbocycles. The van der Waals surface area contributed by atoms with E-state index in [-0.39, 0.29) is 29.4 Å². The molecule has 2 heterocycles. The van der Waals surface area contributed by atoms with Gasteiger partial charge in [-0.05, 0) is 37.8 Å². The van der Waals surface area contributed by atoms with E-state index >= 15 is 0 Å². The second-order valence-electron chi connectivity index (χ2n) is 8.01. The molecule has 0 radical (unpaired) electrons. The fraction of sp³-hybridized carbons (Fsp3) is 0.591. The topological polar surface area (TPSA) is 73.2 Å². The Balaban J connectivity index is 1.50. The maximum atomic E-state index is 13.1.